The van der Waals surface area contributed by atoms with E-state index < -0.39 is 11.6 Å². The van der Waals surface area contributed by atoms with Crippen molar-refractivity contribution >= 4 is 34.4 Å². The molecule has 0 fully saturated rings. The van der Waals surface area contributed by atoms with Gasteiger partial charge in [-0.3, -0.25) is 9.36 Å². The number of aromatic nitrogens is 2. The largest absolute Gasteiger partial charge is 0.325 e. The van der Waals surface area contributed by atoms with Gasteiger partial charge in [-0.15, -0.1) is 0 Å². The molecule has 0 saturated carbocycles. The van der Waals surface area contributed by atoms with Gasteiger partial charge in [0.15, 0.2) is 16.8 Å². The highest BCUT2D eigenvalue weighted by Crippen LogP contribution is 2.28. The Hall–Kier alpha value is -3.19. The van der Waals surface area contributed by atoms with Crippen LogP contribution in [0.5, 0.6) is 0 Å². The first-order valence-electron chi connectivity index (χ1n) is 8.93. The average molecular weight is 409 g/mol. The van der Waals surface area contributed by atoms with Crippen molar-refractivity contribution in [2.75, 3.05) is 11.1 Å². The summed E-state index contributed by atoms with van der Waals surface area (Å²) >= 11 is 1.28. The summed E-state index contributed by atoms with van der Waals surface area (Å²) < 4.78 is 28.4. The molecule has 4 nitrogen and oxygen atoms in total. The molecule has 0 unspecified atom stereocenters. The normalized spacial score (nSPS) is 11.0. The van der Waals surface area contributed by atoms with Gasteiger partial charge in [0, 0.05) is 17.4 Å². The number of halogens is 2. The SMILES string of the molecule is Cc1ccc(-n2c(SCC(=O)Nc3ccc(F)c(F)c3)nc3ccccc32)cc1. The molecule has 0 aliphatic heterocycles. The molecular weight excluding hydrogens is 392 g/mol. The van der Waals surface area contributed by atoms with Crippen molar-refractivity contribution in [3.63, 3.8) is 0 Å². The number of para-hydroxylation sites is 2. The van der Waals surface area contributed by atoms with Gasteiger partial charge in [-0.2, -0.15) is 0 Å². The number of anilines is 1. The van der Waals surface area contributed by atoms with Crippen LogP contribution in [0, 0.1) is 18.6 Å². The molecule has 1 amide bonds. The third-order valence-corrected chi connectivity index (χ3v) is 5.30. The van der Waals surface area contributed by atoms with Crippen LogP contribution >= 0.6 is 11.8 Å². The highest BCUT2D eigenvalue weighted by Gasteiger charge is 2.15. The standard InChI is InChI=1S/C22H17F2N3OS/c1-14-6-9-16(10-7-14)27-20-5-3-2-4-19(20)26-22(27)29-13-21(28)25-15-8-11-17(23)18(24)12-15/h2-12H,13H2,1H3,(H,25,28). The number of carbonyl (C=O) groups excluding carboxylic acids is 1. The van der Waals surface area contributed by atoms with Gasteiger partial charge in [-0.05, 0) is 43.3 Å². The summed E-state index contributed by atoms with van der Waals surface area (Å²) in [6, 6.07) is 19.1. The molecule has 1 heterocycles. The van der Waals surface area contributed by atoms with Crippen molar-refractivity contribution in [1.82, 2.24) is 9.55 Å². The van der Waals surface area contributed by atoms with E-state index in [0.29, 0.717) is 5.16 Å². The molecule has 3 aromatic carbocycles. The summed E-state index contributed by atoms with van der Waals surface area (Å²) in [7, 11) is 0. The van der Waals surface area contributed by atoms with Crippen molar-refractivity contribution in [2.45, 2.75) is 12.1 Å². The molecule has 0 saturated heterocycles. The van der Waals surface area contributed by atoms with Crippen molar-refractivity contribution < 1.29 is 13.6 Å². The summed E-state index contributed by atoms with van der Waals surface area (Å²) in [4.78, 5) is 17.0. The van der Waals surface area contributed by atoms with Crippen LogP contribution in [0.2, 0.25) is 0 Å². The number of hydrogen-bond donors (Lipinski definition) is 1. The molecule has 29 heavy (non-hydrogen) atoms. The van der Waals surface area contributed by atoms with Crippen LogP contribution in [0.3, 0.4) is 0 Å². The first-order chi connectivity index (χ1) is 14.0. The number of hydrogen-bond acceptors (Lipinski definition) is 3. The number of amides is 1. The summed E-state index contributed by atoms with van der Waals surface area (Å²) in [5.74, 6) is -2.21. The Labute approximate surface area is 170 Å². The maximum Gasteiger partial charge on any atom is 0.234 e. The predicted molar refractivity (Wildman–Crippen MR) is 112 cm³/mol. The maximum atomic E-state index is 13.3. The zero-order chi connectivity index (χ0) is 20.4. The number of carbonyl (C=O) groups is 1. The highest BCUT2D eigenvalue weighted by atomic mass is 32.2. The quantitative estimate of drug-likeness (QED) is 0.453. The number of nitrogens with zero attached hydrogens (tertiary/aromatic N) is 2. The van der Waals surface area contributed by atoms with E-state index in [0.717, 1.165) is 34.4 Å². The average Bonchev–Trinajstić information content (AvgIpc) is 3.08. The Morgan fingerprint density at radius 2 is 1.79 bits per heavy atom. The molecular formula is C22H17F2N3OS. The lowest BCUT2D eigenvalue weighted by molar-refractivity contribution is -0.113. The van der Waals surface area contributed by atoms with Crippen LogP contribution in [-0.4, -0.2) is 21.2 Å². The van der Waals surface area contributed by atoms with Gasteiger partial charge in [-0.25, -0.2) is 13.8 Å². The fraction of sp³-hybridized carbons (Fsp3) is 0.0909. The molecule has 0 radical (unpaired) electrons. The number of aryl methyl sites for hydroxylation is 1. The van der Waals surface area contributed by atoms with Crippen LogP contribution in [0.4, 0.5) is 14.5 Å². The number of benzene rings is 3. The Kier molecular flexibility index (Phi) is 5.31. The Balaban J connectivity index is 1.57. The Bertz CT molecular complexity index is 1190. The fourth-order valence-corrected chi connectivity index (χ4v) is 3.77. The van der Waals surface area contributed by atoms with E-state index in [4.69, 9.17) is 0 Å². The summed E-state index contributed by atoms with van der Waals surface area (Å²) in [6.45, 7) is 2.02. The molecule has 4 aromatic rings. The lowest BCUT2D eigenvalue weighted by Crippen LogP contribution is -2.14. The molecule has 0 aliphatic carbocycles. The molecule has 4 rings (SSSR count). The van der Waals surface area contributed by atoms with Crippen LogP contribution in [0.25, 0.3) is 16.7 Å². The van der Waals surface area contributed by atoms with Gasteiger partial charge in [0.25, 0.3) is 0 Å². The fourth-order valence-electron chi connectivity index (χ4n) is 2.95. The van der Waals surface area contributed by atoms with Gasteiger partial charge in [0.1, 0.15) is 0 Å². The van der Waals surface area contributed by atoms with E-state index in [1.54, 1.807) is 0 Å². The van der Waals surface area contributed by atoms with Crippen LogP contribution in [-0.2, 0) is 4.79 Å². The monoisotopic (exact) mass is 409 g/mol. The van der Waals surface area contributed by atoms with Crippen molar-refractivity contribution in [3.05, 3.63) is 83.9 Å². The third-order valence-electron chi connectivity index (χ3n) is 4.36. The van der Waals surface area contributed by atoms with Crippen LogP contribution in [0.1, 0.15) is 5.56 Å². The predicted octanol–water partition coefficient (Wildman–Crippen LogP) is 5.34. The second-order valence-corrected chi connectivity index (χ2v) is 7.46. The van der Waals surface area contributed by atoms with Crippen LogP contribution in [0.15, 0.2) is 71.9 Å². The van der Waals surface area contributed by atoms with E-state index in [9.17, 15) is 13.6 Å². The Morgan fingerprint density at radius 1 is 1.03 bits per heavy atom. The van der Waals surface area contributed by atoms with Gasteiger partial charge in [-0.1, -0.05) is 41.6 Å². The first kappa shape index (κ1) is 19.1. The Morgan fingerprint density at radius 3 is 2.55 bits per heavy atom. The molecule has 1 N–H and O–H groups in total. The smallest absolute Gasteiger partial charge is 0.234 e. The lowest BCUT2D eigenvalue weighted by atomic mass is 10.2. The molecule has 0 spiro atoms. The lowest BCUT2D eigenvalue weighted by Gasteiger charge is -2.10. The molecule has 146 valence electrons. The summed E-state index contributed by atoms with van der Waals surface area (Å²) in [5.41, 5.74) is 4.09. The molecule has 0 aliphatic rings. The van der Waals surface area contributed by atoms with Crippen molar-refractivity contribution in [3.8, 4) is 5.69 Å². The molecule has 0 atom stereocenters. The second kappa shape index (κ2) is 8.05. The van der Waals surface area contributed by atoms with Gasteiger partial charge >= 0.3 is 0 Å². The molecule has 7 heteroatoms. The van der Waals surface area contributed by atoms with E-state index >= 15 is 0 Å². The number of imidazole rings is 1. The number of rotatable bonds is 5. The van der Waals surface area contributed by atoms with Gasteiger partial charge < -0.3 is 5.32 Å². The van der Waals surface area contributed by atoms with E-state index in [-0.39, 0.29) is 17.3 Å². The van der Waals surface area contributed by atoms with Gasteiger partial charge in [0.05, 0.1) is 16.8 Å². The number of nitrogens with one attached hydrogen (secondary N) is 1. The minimum atomic E-state index is -1.00. The van der Waals surface area contributed by atoms with Crippen molar-refractivity contribution in [2.24, 2.45) is 0 Å². The minimum Gasteiger partial charge on any atom is -0.325 e. The third kappa shape index (κ3) is 4.14. The minimum absolute atomic E-state index is 0.0776. The van der Waals surface area contributed by atoms with E-state index in [1.807, 2.05) is 60.0 Å². The number of fused-ring (bicyclic) bond motifs is 1. The molecule has 0 bridgehead atoms. The van der Waals surface area contributed by atoms with Crippen molar-refractivity contribution in [1.29, 1.82) is 0 Å². The van der Waals surface area contributed by atoms with E-state index in [2.05, 4.69) is 10.3 Å². The molecule has 1 aromatic heterocycles. The summed E-state index contributed by atoms with van der Waals surface area (Å²) in [6.07, 6.45) is 0. The topological polar surface area (TPSA) is 46.9 Å². The van der Waals surface area contributed by atoms with Gasteiger partial charge in [0.2, 0.25) is 5.91 Å². The summed E-state index contributed by atoms with van der Waals surface area (Å²) in [5, 5.41) is 3.25. The maximum absolute atomic E-state index is 13.3. The van der Waals surface area contributed by atoms with Crippen LogP contribution < -0.4 is 5.32 Å². The highest BCUT2D eigenvalue weighted by molar-refractivity contribution is 7.99. The first-order valence-corrected chi connectivity index (χ1v) is 9.92. The zero-order valence-corrected chi connectivity index (χ0v) is 16.3. The second-order valence-electron chi connectivity index (χ2n) is 6.52. The van der Waals surface area contributed by atoms with E-state index in [1.165, 1.54) is 17.8 Å². The zero-order valence-electron chi connectivity index (χ0n) is 15.5. The number of thioether (sulfide) groups is 1.